The smallest absolute Gasteiger partial charge is 0.327 e. The fraction of sp³-hybridized carbons (Fsp3) is 0.400. The van der Waals surface area contributed by atoms with Gasteiger partial charge < -0.3 is 10.6 Å². The first-order valence-electron chi connectivity index (χ1n) is 14.1. The highest BCUT2D eigenvalue weighted by Gasteiger charge is 2.24. The van der Waals surface area contributed by atoms with E-state index in [1.165, 1.54) is 12.8 Å². The predicted molar refractivity (Wildman–Crippen MR) is 160 cm³/mol. The van der Waals surface area contributed by atoms with E-state index in [1.54, 1.807) is 18.7 Å². The van der Waals surface area contributed by atoms with Crippen molar-refractivity contribution in [3.8, 4) is 11.5 Å². The molecular weight excluding hydrogens is 502 g/mol. The number of aryl methyl sites for hydroxylation is 1. The number of hydrogen-bond donors (Lipinski definition) is 3. The van der Waals surface area contributed by atoms with E-state index in [-0.39, 0.29) is 10.2 Å². The van der Waals surface area contributed by atoms with Gasteiger partial charge in [0.05, 0.1) is 6.54 Å². The molecule has 40 heavy (non-hydrogen) atoms. The molecule has 3 aromatic heterocycles. The second kappa shape index (κ2) is 13.3. The minimum Gasteiger partial charge on any atom is -0.375 e. The summed E-state index contributed by atoms with van der Waals surface area (Å²) in [6.45, 7) is 9.43. The van der Waals surface area contributed by atoms with Crippen LogP contribution in [0.2, 0.25) is 0 Å². The summed E-state index contributed by atoms with van der Waals surface area (Å²) in [5, 5.41) is 14.3. The molecule has 4 heterocycles. The third-order valence-corrected chi connectivity index (χ3v) is 7.47. The molecule has 0 spiro atoms. The maximum Gasteiger partial charge on any atom is 0.327 e. The number of pyridine rings is 1. The van der Waals surface area contributed by atoms with Crippen LogP contribution in [0.4, 0.5) is 5.69 Å². The van der Waals surface area contributed by atoms with Crippen molar-refractivity contribution in [2.75, 3.05) is 25.0 Å². The highest BCUT2D eigenvalue weighted by atomic mass is 16.1. The maximum atomic E-state index is 12.9. The van der Waals surface area contributed by atoms with Gasteiger partial charge in [0.1, 0.15) is 18.6 Å². The van der Waals surface area contributed by atoms with Crippen molar-refractivity contribution in [1.82, 2.24) is 35.4 Å². The number of hydrogen-bond acceptors (Lipinski definition) is 7. The van der Waals surface area contributed by atoms with E-state index in [0.29, 0.717) is 18.7 Å². The Morgan fingerprint density at radius 1 is 1.18 bits per heavy atom. The summed E-state index contributed by atoms with van der Waals surface area (Å²) in [4.78, 5) is 28.1. The van der Waals surface area contributed by atoms with Gasteiger partial charge in [0.25, 0.3) is 11.7 Å². The lowest BCUT2D eigenvalue weighted by Gasteiger charge is -2.30. The molecule has 5 rings (SSSR count). The van der Waals surface area contributed by atoms with E-state index in [0.717, 1.165) is 72.7 Å². The van der Waals surface area contributed by atoms with E-state index in [9.17, 15) is 4.79 Å². The summed E-state index contributed by atoms with van der Waals surface area (Å²) < 4.78 is 2.20. The Bertz CT molecular complexity index is 1420. The molecular formula is C30H44N9O+. The quantitative estimate of drug-likeness (QED) is 0.242. The number of carbonyl (C=O) groups excluding carboxylic acids is 1. The molecule has 1 aliphatic heterocycles. The maximum absolute atomic E-state index is 12.9. The van der Waals surface area contributed by atoms with Crippen molar-refractivity contribution in [1.29, 1.82) is 0 Å². The third-order valence-electron chi connectivity index (χ3n) is 7.47. The van der Waals surface area contributed by atoms with Gasteiger partial charge in [0.2, 0.25) is 0 Å². The average Bonchev–Trinajstić information content (AvgIpc) is 3.41. The number of amides is 1. The number of benzene rings is 1. The van der Waals surface area contributed by atoms with Crippen LogP contribution < -0.4 is 15.2 Å². The lowest BCUT2D eigenvalue weighted by atomic mass is 10.0. The highest BCUT2D eigenvalue weighted by Crippen LogP contribution is 2.16. The Morgan fingerprint density at radius 3 is 2.90 bits per heavy atom. The number of H-pyrrole nitrogens is 1. The molecule has 1 amide bonds. The van der Waals surface area contributed by atoms with Crippen LogP contribution in [0.3, 0.4) is 0 Å². The molecule has 10 heteroatoms. The van der Waals surface area contributed by atoms with Crippen LogP contribution in [-0.2, 0) is 26.1 Å². The van der Waals surface area contributed by atoms with Gasteiger partial charge in [0, 0.05) is 58.9 Å². The van der Waals surface area contributed by atoms with E-state index in [2.05, 4.69) is 59.1 Å². The first-order valence-corrected chi connectivity index (χ1v) is 14.1. The zero-order valence-corrected chi connectivity index (χ0v) is 23.3. The van der Waals surface area contributed by atoms with Crippen LogP contribution in [0.25, 0.3) is 11.5 Å². The van der Waals surface area contributed by atoms with Crippen LogP contribution in [0.1, 0.15) is 58.3 Å². The molecule has 1 aliphatic rings. The molecule has 10 nitrogen and oxygen atoms in total. The van der Waals surface area contributed by atoms with Crippen LogP contribution in [0.15, 0.2) is 61.3 Å². The second-order valence-corrected chi connectivity index (χ2v) is 10.4. The molecule has 214 valence electrons. The first-order chi connectivity index (χ1) is 19.6. The topological polar surface area (TPSA) is 116 Å². The number of nitrogens with zero attached hydrogens (tertiary/aromatic N) is 6. The van der Waals surface area contributed by atoms with Gasteiger partial charge in [0.15, 0.2) is 0 Å². The number of anilines is 1. The Labute approximate surface area is 239 Å². The molecule has 1 aromatic carbocycles. The molecule has 4 aromatic rings. The van der Waals surface area contributed by atoms with E-state index in [4.69, 9.17) is 0 Å². The predicted octanol–water partition coefficient (Wildman–Crippen LogP) is 4.12. The van der Waals surface area contributed by atoms with Crippen LogP contribution in [0, 0.1) is 5.92 Å². The van der Waals surface area contributed by atoms with Gasteiger partial charge in [-0.3, -0.25) is 14.7 Å². The zero-order valence-electron chi connectivity index (χ0n) is 23.3. The third kappa shape index (κ3) is 6.87. The van der Waals surface area contributed by atoms with Gasteiger partial charge in [-0.25, -0.2) is 14.5 Å². The summed E-state index contributed by atoms with van der Waals surface area (Å²) >= 11 is 0. The largest absolute Gasteiger partial charge is 0.375 e. The standard InChI is InChI=1S/C30H37N9O.3H2/c1-3-23-17-31-11-9-25(23)18-34-30(40)24-7-4-8-26(16-24)33-19-28-36-37-29(27-10-12-32-21-35-27)39(28)15-14-38-13-5-6-22(2)20-38;;;/h4,7-12,16-17,21-22,33H,3,5-6,13-15,18-20H2,1-2H3,(H,34,40);3*1H/p+1. The molecule has 1 fully saturated rings. The van der Waals surface area contributed by atoms with Crippen molar-refractivity contribution in [3.05, 3.63) is 83.8 Å². The minimum atomic E-state index is -0.110. The zero-order chi connectivity index (χ0) is 27.7. The Morgan fingerprint density at radius 2 is 2.08 bits per heavy atom. The van der Waals surface area contributed by atoms with E-state index >= 15 is 0 Å². The van der Waals surface area contributed by atoms with Crippen LogP contribution >= 0.6 is 0 Å². The fourth-order valence-electron chi connectivity index (χ4n) is 5.27. The second-order valence-electron chi connectivity index (χ2n) is 10.4. The molecule has 1 unspecified atom stereocenters. The van der Waals surface area contributed by atoms with Gasteiger partial charge in [-0.15, -0.1) is 5.10 Å². The van der Waals surface area contributed by atoms with Crippen molar-refractivity contribution in [3.63, 3.8) is 0 Å². The molecule has 0 aliphatic carbocycles. The van der Waals surface area contributed by atoms with Crippen LogP contribution in [-0.4, -0.2) is 55.6 Å². The first kappa shape index (κ1) is 27.4. The monoisotopic (exact) mass is 546 g/mol. The molecule has 1 atom stereocenters. The van der Waals surface area contributed by atoms with Gasteiger partial charge in [-0.2, -0.15) is 0 Å². The number of rotatable bonds is 11. The molecule has 3 N–H and O–H groups in total. The van der Waals surface area contributed by atoms with Crippen molar-refractivity contribution < 1.29 is 13.6 Å². The number of carbonyl (C=O) groups is 1. The van der Waals surface area contributed by atoms with Gasteiger partial charge in [-0.05, 0) is 73.2 Å². The average molecular weight is 547 g/mol. The van der Waals surface area contributed by atoms with Crippen molar-refractivity contribution >= 4 is 11.6 Å². The van der Waals surface area contributed by atoms with Crippen LogP contribution in [0.5, 0.6) is 0 Å². The fourth-order valence-corrected chi connectivity index (χ4v) is 5.27. The number of piperidine rings is 1. The lowest BCUT2D eigenvalue weighted by Crippen LogP contribution is -2.46. The summed E-state index contributed by atoms with van der Waals surface area (Å²) in [5.41, 5.74) is 4.48. The van der Waals surface area contributed by atoms with Gasteiger partial charge >= 0.3 is 5.82 Å². The number of likely N-dealkylation sites (tertiary alicyclic amines) is 1. The summed E-state index contributed by atoms with van der Waals surface area (Å²) in [5.74, 6) is 2.35. The SMILES string of the molecule is CCc1cnccc1CNC(=O)c1cccc(NCc2[nH]nc(-c3ccncn3)[n+]2CCN2CCCC(C)C2)c1.[HH].[HH].[HH]. The minimum absolute atomic E-state index is 0. The normalized spacial score (nSPS) is 15.6. The molecule has 0 radical (unpaired) electrons. The number of nitrogens with one attached hydrogen (secondary N) is 3. The van der Waals surface area contributed by atoms with Crippen molar-refractivity contribution in [2.45, 2.75) is 52.7 Å². The summed E-state index contributed by atoms with van der Waals surface area (Å²) in [6, 6.07) is 11.4. The summed E-state index contributed by atoms with van der Waals surface area (Å²) in [6.07, 6.45) is 10.3. The Balaban J connectivity index is 0.00000215. The molecule has 0 saturated carbocycles. The number of aromatic nitrogens is 6. The lowest BCUT2D eigenvalue weighted by molar-refractivity contribution is -0.693. The Kier molecular flexibility index (Phi) is 9.07. The molecule has 0 bridgehead atoms. The Hall–Kier alpha value is -4.18. The van der Waals surface area contributed by atoms with Gasteiger partial charge in [-0.1, -0.05) is 19.9 Å². The number of aromatic amines is 1. The van der Waals surface area contributed by atoms with E-state index < -0.39 is 0 Å². The van der Waals surface area contributed by atoms with Crippen molar-refractivity contribution in [2.24, 2.45) is 5.92 Å². The van der Waals surface area contributed by atoms with E-state index in [1.807, 2.05) is 42.6 Å². The molecule has 1 saturated heterocycles. The highest BCUT2D eigenvalue weighted by molar-refractivity contribution is 5.95. The summed E-state index contributed by atoms with van der Waals surface area (Å²) in [7, 11) is 0.